The molecule has 1 N–H and O–H groups in total. The third-order valence-electron chi connectivity index (χ3n) is 3.34. The van der Waals surface area contributed by atoms with Gasteiger partial charge in [0.15, 0.2) is 0 Å². The summed E-state index contributed by atoms with van der Waals surface area (Å²) < 4.78 is 51.5. The van der Waals surface area contributed by atoms with Crippen LogP contribution in [-0.2, 0) is 11.0 Å². The second-order valence-electron chi connectivity index (χ2n) is 4.76. The van der Waals surface area contributed by atoms with E-state index in [9.17, 15) is 27.2 Å². The second kappa shape index (κ2) is 5.34. The standard InChI is InChI=1S/C13H11F4NO3/c14-8-1-2-9(10(5-8)13(15,16)17)11(19)18-4-3-7(6-18)12(20)21/h1-2,5,7H,3-4,6H2,(H,20,21). The average Bonchev–Trinajstić information content (AvgIpc) is 2.86. The van der Waals surface area contributed by atoms with Crippen molar-refractivity contribution in [3.63, 3.8) is 0 Å². The molecule has 1 aliphatic heterocycles. The maximum Gasteiger partial charge on any atom is 0.417 e. The van der Waals surface area contributed by atoms with E-state index in [1.165, 1.54) is 0 Å². The first-order valence-corrected chi connectivity index (χ1v) is 6.09. The molecule has 0 aromatic heterocycles. The summed E-state index contributed by atoms with van der Waals surface area (Å²) in [7, 11) is 0. The van der Waals surface area contributed by atoms with Crippen molar-refractivity contribution in [3.05, 3.63) is 35.1 Å². The van der Waals surface area contributed by atoms with Crippen LogP contribution < -0.4 is 0 Å². The molecule has 8 heteroatoms. The number of carbonyl (C=O) groups is 2. The molecule has 1 aliphatic rings. The van der Waals surface area contributed by atoms with E-state index >= 15 is 0 Å². The monoisotopic (exact) mass is 305 g/mol. The van der Waals surface area contributed by atoms with Crippen LogP contribution in [-0.4, -0.2) is 35.0 Å². The number of rotatable bonds is 2. The minimum Gasteiger partial charge on any atom is -0.481 e. The molecule has 21 heavy (non-hydrogen) atoms. The van der Waals surface area contributed by atoms with E-state index in [0.717, 1.165) is 17.0 Å². The maximum atomic E-state index is 13.0. The Morgan fingerprint density at radius 2 is 1.95 bits per heavy atom. The van der Waals surface area contributed by atoms with Gasteiger partial charge in [-0.25, -0.2) is 4.39 Å². The highest BCUT2D eigenvalue weighted by atomic mass is 19.4. The zero-order valence-electron chi connectivity index (χ0n) is 10.7. The molecule has 1 unspecified atom stereocenters. The third-order valence-corrected chi connectivity index (χ3v) is 3.34. The Morgan fingerprint density at radius 3 is 2.48 bits per heavy atom. The maximum absolute atomic E-state index is 13.0. The lowest BCUT2D eigenvalue weighted by molar-refractivity contribution is -0.141. The highest BCUT2D eigenvalue weighted by molar-refractivity contribution is 5.96. The van der Waals surface area contributed by atoms with Crippen LogP contribution in [0.4, 0.5) is 17.6 Å². The third kappa shape index (κ3) is 3.14. The lowest BCUT2D eigenvalue weighted by Crippen LogP contribution is -2.31. The molecule has 0 bridgehead atoms. The SMILES string of the molecule is O=C(O)C1CCN(C(=O)c2ccc(F)cc2C(F)(F)F)C1. The number of alkyl halides is 3. The zero-order valence-corrected chi connectivity index (χ0v) is 10.7. The summed E-state index contributed by atoms with van der Waals surface area (Å²) in [4.78, 5) is 24.0. The molecular formula is C13H11F4NO3. The molecule has 114 valence electrons. The van der Waals surface area contributed by atoms with Gasteiger partial charge in [-0.15, -0.1) is 0 Å². The van der Waals surface area contributed by atoms with Gasteiger partial charge in [-0.05, 0) is 24.6 Å². The Hall–Kier alpha value is -2.12. The van der Waals surface area contributed by atoms with Crippen molar-refractivity contribution in [3.8, 4) is 0 Å². The van der Waals surface area contributed by atoms with Crippen LogP contribution in [0.25, 0.3) is 0 Å². The van der Waals surface area contributed by atoms with E-state index in [1.54, 1.807) is 0 Å². The molecule has 1 amide bonds. The van der Waals surface area contributed by atoms with Crippen LogP contribution in [0, 0.1) is 11.7 Å². The van der Waals surface area contributed by atoms with E-state index in [4.69, 9.17) is 5.11 Å². The van der Waals surface area contributed by atoms with Crippen LogP contribution >= 0.6 is 0 Å². The first kappa shape index (κ1) is 15.3. The number of carboxylic acids is 1. The fourth-order valence-corrected chi connectivity index (χ4v) is 2.25. The molecule has 1 fully saturated rings. The van der Waals surface area contributed by atoms with Gasteiger partial charge in [-0.3, -0.25) is 9.59 Å². The van der Waals surface area contributed by atoms with E-state index < -0.39 is 40.9 Å². The number of nitrogens with zero attached hydrogens (tertiary/aromatic N) is 1. The molecule has 1 heterocycles. The summed E-state index contributed by atoms with van der Waals surface area (Å²) in [5, 5.41) is 8.84. The molecule has 0 spiro atoms. The fourth-order valence-electron chi connectivity index (χ4n) is 2.25. The minimum atomic E-state index is -4.86. The molecule has 0 radical (unpaired) electrons. The fraction of sp³-hybridized carbons (Fsp3) is 0.385. The Labute approximate surface area is 117 Å². The number of amides is 1. The molecule has 1 saturated heterocycles. The van der Waals surface area contributed by atoms with E-state index in [-0.39, 0.29) is 25.6 Å². The number of halogens is 4. The Bertz CT molecular complexity index is 585. The van der Waals surface area contributed by atoms with Crippen molar-refractivity contribution < 1.29 is 32.3 Å². The molecule has 1 aromatic carbocycles. The van der Waals surface area contributed by atoms with Crippen LogP contribution in [0.3, 0.4) is 0 Å². The van der Waals surface area contributed by atoms with Crippen molar-refractivity contribution in [1.29, 1.82) is 0 Å². The van der Waals surface area contributed by atoms with E-state index in [0.29, 0.717) is 0 Å². The van der Waals surface area contributed by atoms with Gasteiger partial charge < -0.3 is 10.0 Å². The molecule has 0 saturated carbocycles. The van der Waals surface area contributed by atoms with Crippen molar-refractivity contribution in [1.82, 2.24) is 4.90 Å². The molecular weight excluding hydrogens is 294 g/mol. The van der Waals surface area contributed by atoms with Gasteiger partial charge in [0.1, 0.15) is 5.82 Å². The van der Waals surface area contributed by atoms with Crippen molar-refractivity contribution >= 4 is 11.9 Å². The normalized spacial score (nSPS) is 18.9. The van der Waals surface area contributed by atoms with Crippen LogP contribution in [0.5, 0.6) is 0 Å². The Kier molecular flexibility index (Phi) is 3.89. The summed E-state index contributed by atoms with van der Waals surface area (Å²) in [5.41, 5.74) is -2.03. The molecule has 1 aromatic rings. The number of benzene rings is 1. The minimum absolute atomic E-state index is 0.0600. The lowest BCUT2D eigenvalue weighted by Gasteiger charge is -2.19. The number of carboxylic acid groups (broad SMARTS) is 1. The predicted molar refractivity (Wildman–Crippen MR) is 63.0 cm³/mol. The second-order valence-corrected chi connectivity index (χ2v) is 4.76. The molecule has 1 atom stereocenters. The van der Waals surface area contributed by atoms with Gasteiger partial charge in [0.2, 0.25) is 0 Å². The number of likely N-dealkylation sites (tertiary alicyclic amines) is 1. The summed E-state index contributed by atoms with van der Waals surface area (Å²) in [6.45, 7) is -0.0900. The van der Waals surface area contributed by atoms with Crippen LogP contribution in [0.15, 0.2) is 18.2 Å². The topological polar surface area (TPSA) is 57.6 Å². The summed E-state index contributed by atoms with van der Waals surface area (Å²) in [5.74, 6) is -3.92. The predicted octanol–water partition coefficient (Wildman–Crippen LogP) is 2.39. The Balaban J connectivity index is 2.30. The highest BCUT2D eigenvalue weighted by Gasteiger charge is 2.38. The number of hydrogen-bond acceptors (Lipinski definition) is 2. The van der Waals surface area contributed by atoms with Gasteiger partial charge in [-0.1, -0.05) is 0 Å². The van der Waals surface area contributed by atoms with Crippen LogP contribution in [0.1, 0.15) is 22.3 Å². The van der Waals surface area contributed by atoms with Gasteiger partial charge >= 0.3 is 12.1 Å². The number of aliphatic carboxylic acids is 1. The smallest absolute Gasteiger partial charge is 0.417 e. The summed E-state index contributed by atoms with van der Waals surface area (Å²) in [6.07, 6.45) is -4.68. The van der Waals surface area contributed by atoms with Crippen molar-refractivity contribution in [2.75, 3.05) is 13.1 Å². The number of hydrogen-bond donors (Lipinski definition) is 1. The number of carbonyl (C=O) groups excluding carboxylic acids is 1. The van der Waals surface area contributed by atoms with Gasteiger partial charge in [0.25, 0.3) is 5.91 Å². The van der Waals surface area contributed by atoms with Crippen molar-refractivity contribution in [2.45, 2.75) is 12.6 Å². The van der Waals surface area contributed by atoms with Gasteiger partial charge in [0, 0.05) is 13.1 Å². The molecule has 0 aliphatic carbocycles. The molecule has 4 nitrogen and oxygen atoms in total. The van der Waals surface area contributed by atoms with Crippen LogP contribution in [0.2, 0.25) is 0 Å². The highest BCUT2D eigenvalue weighted by Crippen LogP contribution is 2.33. The lowest BCUT2D eigenvalue weighted by atomic mass is 10.1. The molecule has 2 rings (SSSR count). The summed E-state index contributed by atoms with van der Waals surface area (Å²) in [6, 6.07) is 1.81. The quantitative estimate of drug-likeness (QED) is 0.854. The largest absolute Gasteiger partial charge is 0.481 e. The van der Waals surface area contributed by atoms with Crippen molar-refractivity contribution in [2.24, 2.45) is 5.92 Å². The summed E-state index contributed by atoms with van der Waals surface area (Å²) >= 11 is 0. The van der Waals surface area contributed by atoms with Gasteiger partial charge in [-0.2, -0.15) is 13.2 Å². The van der Waals surface area contributed by atoms with E-state index in [1.807, 2.05) is 0 Å². The van der Waals surface area contributed by atoms with E-state index in [2.05, 4.69) is 0 Å². The zero-order chi connectivity index (χ0) is 15.8. The Morgan fingerprint density at radius 1 is 1.29 bits per heavy atom. The average molecular weight is 305 g/mol. The first-order chi connectivity index (χ1) is 9.70. The van der Waals surface area contributed by atoms with Gasteiger partial charge in [0.05, 0.1) is 17.0 Å². The first-order valence-electron chi connectivity index (χ1n) is 6.09.